The van der Waals surface area contributed by atoms with Gasteiger partial charge in [0.2, 0.25) is 0 Å². The fourth-order valence-corrected chi connectivity index (χ4v) is 8.97. The van der Waals surface area contributed by atoms with Crippen LogP contribution < -0.4 is 0 Å². The first kappa shape index (κ1) is 28.6. The first-order valence-electron chi connectivity index (χ1n) is 18.2. The van der Waals surface area contributed by atoms with E-state index < -0.39 is 0 Å². The summed E-state index contributed by atoms with van der Waals surface area (Å²) < 4.78 is 11.3. The molecule has 12 aromatic rings. The van der Waals surface area contributed by atoms with E-state index in [0.717, 1.165) is 27.6 Å². The third-order valence-electron chi connectivity index (χ3n) is 11.3. The molecule has 0 amide bonds. The number of furan rings is 1. The smallest absolute Gasteiger partial charge is 0.137 e. The summed E-state index contributed by atoms with van der Waals surface area (Å²) in [5.41, 5.74) is 11.3. The summed E-state index contributed by atoms with van der Waals surface area (Å²) in [5.74, 6) is 0. The maximum Gasteiger partial charge on any atom is 0.137 e. The average molecular weight is 675 g/mol. The standard InChI is InChI=1S/C50H30N2O/c1-3-14-35-31(11-1)13-9-19-42(35)51-43-18-7-5-16-37(43)40-29-33(24-27-44(40)51)34-25-28-45-41(30-34)38-26-23-32-12-2-4-15-36(32)50(38)52(45)46-20-10-22-48-49(46)39-17-6-8-21-47(39)53-48/h1-30H. The SMILES string of the molecule is c1ccc2c(-n3c4ccccc4c4cc(-c5ccc6c(c5)c5ccc7ccccc7c5n6-c5cccc6oc7ccccc7c56)ccc43)cccc2c1. The Kier molecular flexibility index (Phi) is 5.77. The van der Waals surface area contributed by atoms with Gasteiger partial charge in [0, 0.05) is 37.7 Å². The van der Waals surface area contributed by atoms with Gasteiger partial charge in [0.15, 0.2) is 0 Å². The quantitative estimate of drug-likeness (QED) is 0.183. The molecule has 0 aliphatic carbocycles. The molecule has 0 spiro atoms. The van der Waals surface area contributed by atoms with Crippen LogP contribution in [-0.2, 0) is 0 Å². The van der Waals surface area contributed by atoms with E-state index in [4.69, 9.17) is 4.42 Å². The summed E-state index contributed by atoms with van der Waals surface area (Å²) in [6.07, 6.45) is 0. The molecule has 0 aliphatic heterocycles. The van der Waals surface area contributed by atoms with Crippen LogP contribution in [0.3, 0.4) is 0 Å². The second-order valence-electron chi connectivity index (χ2n) is 14.1. The summed E-state index contributed by atoms with van der Waals surface area (Å²) in [6.45, 7) is 0. The highest BCUT2D eigenvalue weighted by Gasteiger charge is 2.20. The molecule has 0 N–H and O–H groups in total. The van der Waals surface area contributed by atoms with E-state index in [1.165, 1.54) is 82.0 Å². The number of hydrogen-bond acceptors (Lipinski definition) is 1. The van der Waals surface area contributed by atoms with Crippen molar-refractivity contribution in [2.75, 3.05) is 0 Å². The van der Waals surface area contributed by atoms with Crippen molar-refractivity contribution < 1.29 is 4.42 Å². The molecule has 12 rings (SSSR count). The summed E-state index contributed by atoms with van der Waals surface area (Å²) >= 11 is 0. The average Bonchev–Trinajstić information content (AvgIpc) is 3.88. The lowest BCUT2D eigenvalue weighted by Crippen LogP contribution is -1.95. The zero-order valence-electron chi connectivity index (χ0n) is 28.6. The molecule has 0 atom stereocenters. The third-order valence-corrected chi connectivity index (χ3v) is 11.3. The van der Waals surface area contributed by atoms with Gasteiger partial charge in [-0.25, -0.2) is 0 Å². The van der Waals surface area contributed by atoms with E-state index in [1.54, 1.807) is 0 Å². The van der Waals surface area contributed by atoms with Crippen LogP contribution in [0.4, 0.5) is 0 Å². The van der Waals surface area contributed by atoms with Crippen LogP contribution in [0.5, 0.6) is 0 Å². The minimum Gasteiger partial charge on any atom is -0.456 e. The Morgan fingerprint density at radius 3 is 1.72 bits per heavy atom. The monoisotopic (exact) mass is 674 g/mol. The lowest BCUT2D eigenvalue weighted by atomic mass is 10.00. The molecule has 0 aliphatic rings. The van der Waals surface area contributed by atoms with Crippen LogP contribution in [0.15, 0.2) is 186 Å². The Labute approximate surface area is 304 Å². The number of rotatable bonds is 3. The van der Waals surface area contributed by atoms with Gasteiger partial charge in [-0.2, -0.15) is 0 Å². The number of benzene rings is 9. The van der Waals surface area contributed by atoms with Crippen molar-refractivity contribution in [1.29, 1.82) is 0 Å². The lowest BCUT2D eigenvalue weighted by molar-refractivity contribution is 0.669. The Balaban J connectivity index is 1.12. The summed E-state index contributed by atoms with van der Waals surface area (Å²) in [7, 11) is 0. The third kappa shape index (κ3) is 3.99. The van der Waals surface area contributed by atoms with Gasteiger partial charge < -0.3 is 13.6 Å². The Morgan fingerprint density at radius 1 is 0.321 bits per heavy atom. The van der Waals surface area contributed by atoms with Gasteiger partial charge in [-0.15, -0.1) is 0 Å². The molecular weight excluding hydrogens is 645 g/mol. The molecular formula is C50H30N2O. The summed E-state index contributed by atoms with van der Waals surface area (Å²) in [4.78, 5) is 0. The van der Waals surface area contributed by atoms with Gasteiger partial charge in [0.1, 0.15) is 11.2 Å². The van der Waals surface area contributed by atoms with E-state index in [9.17, 15) is 0 Å². The minimum absolute atomic E-state index is 0.895. The molecule has 3 nitrogen and oxygen atoms in total. The van der Waals surface area contributed by atoms with Gasteiger partial charge in [-0.3, -0.25) is 0 Å². The normalized spacial score (nSPS) is 12.2. The Morgan fingerprint density at radius 2 is 0.887 bits per heavy atom. The van der Waals surface area contributed by atoms with Gasteiger partial charge in [0.25, 0.3) is 0 Å². The Bertz CT molecular complexity index is 3460. The molecule has 0 unspecified atom stereocenters. The number of nitrogens with zero attached hydrogens (tertiary/aromatic N) is 2. The second kappa shape index (κ2) is 10.7. The molecule has 0 saturated heterocycles. The van der Waals surface area contributed by atoms with Crippen molar-refractivity contribution in [2.45, 2.75) is 0 Å². The highest BCUT2D eigenvalue weighted by Crippen LogP contribution is 2.43. The topological polar surface area (TPSA) is 23.0 Å². The molecule has 0 saturated carbocycles. The van der Waals surface area contributed by atoms with E-state index in [1.807, 2.05) is 6.07 Å². The predicted octanol–water partition coefficient (Wildman–Crippen LogP) is 13.8. The van der Waals surface area contributed by atoms with Crippen molar-refractivity contribution in [3.8, 4) is 22.5 Å². The first-order valence-corrected chi connectivity index (χ1v) is 18.2. The summed E-state index contributed by atoms with van der Waals surface area (Å²) in [6, 6.07) is 66.1. The zero-order chi connectivity index (χ0) is 34.6. The first-order chi connectivity index (χ1) is 26.3. The largest absolute Gasteiger partial charge is 0.456 e. The highest BCUT2D eigenvalue weighted by molar-refractivity contribution is 6.21. The van der Waals surface area contributed by atoms with Crippen LogP contribution in [0.25, 0.3) is 110 Å². The number of fused-ring (bicyclic) bond motifs is 12. The predicted molar refractivity (Wildman–Crippen MR) is 223 cm³/mol. The van der Waals surface area contributed by atoms with Crippen molar-refractivity contribution in [1.82, 2.24) is 9.13 Å². The molecule has 3 aromatic heterocycles. The molecule has 0 bridgehead atoms. The molecule has 0 fully saturated rings. The fraction of sp³-hybridized carbons (Fsp3) is 0. The van der Waals surface area contributed by atoms with Crippen LogP contribution in [0, 0.1) is 0 Å². The maximum atomic E-state index is 6.38. The zero-order valence-corrected chi connectivity index (χ0v) is 28.6. The van der Waals surface area contributed by atoms with Crippen molar-refractivity contribution in [3.63, 3.8) is 0 Å². The van der Waals surface area contributed by atoms with Crippen molar-refractivity contribution in [2.24, 2.45) is 0 Å². The van der Waals surface area contributed by atoms with Gasteiger partial charge in [0.05, 0.1) is 38.8 Å². The van der Waals surface area contributed by atoms with Gasteiger partial charge in [-0.1, -0.05) is 127 Å². The molecule has 53 heavy (non-hydrogen) atoms. The van der Waals surface area contributed by atoms with Gasteiger partial charge >= 0.3 is 0 Å². The van der Waals surface area contributed by atoms with E-state index in [-0.39, 0.29) is 0 Å². The fourth-order valence-electron chi connectivity index (χ4n) is 8.97. The minimum atomic E-state index is 0.895. The highest BCUT2D eigenvalue weighted by atomic mass is 16.3. The summed E-state index contributed by atoms with van der Waals surface area (Å²) in [5, 5.41) is 12.2. The van der Waals surface area contributed by atoms with E-state index in [2.05, 4.69) is 185 Å². The number of aromatic nitrogens is 2. The number of hydrogen-bond donors (Lipinski definition) is 0. The number of para-hydroxylation sites is 2. The van der Waals surface area contributed by atoms with Gasteiger partial charge in [-0.05, 0) is 76.5 Å². The Hall–Kier alpha value is -7.10. The second-order valence-corrected chi connectivity index (χ2v) is 14.1. The molecule has 3 heterocycles. The van der Waals surface area contributed by atoms with Crippen molar-refractivity contribution >= 4 is 87.1 Å². The molecule has 3 heteroatoms. The van der Waals surface area contributed by atoms with E-state index in [0.29, 0.717) is 0 Å². The van der Waals surface area contributed by atoms with Crippen LogP contribution in [0.1, 0.15) is 0 Å². The maximum absolute atomic E-state index is 6.38. The van der Waals surface area contributed by atoms with Crippen LogP contribution >= 0.6 is 0 Å². The molecule has 246 valence electrons. The molecule has 0 radical (unpaired) electrons. The molecule has 9 aromatic carbocycles. The van der Waals surface area contributed by atoms with Crippen molar-refractivity contribution in [3.05, 3.63) is 182 Å². The van der Waals surface area contributed by atoms with E-state index >= 15 is 0 Å². The van der Waals surface area contributed by atoms with Crippen LogP contribution in [-0.4, -0.2) is 9.13 Å². The van der Waals surface area contributed by atoms with Crippen LogP contribution in [0.2, 0.25) is 0 Å². The lowest BCUT2D eigenvalue weighted by Gasteiger charge is -2.12.